The van der Waals surface area contributed by atoms with Gasteiger partial charge in [-0.15, -0.1) is 0 Å². The second-order valence-electron chi connectivity index (χ2n) is 7.17. The maximum absolute atomic E-state index is 12.8. The summed E-state index contributed by atoms with van der Waals surface area (Å²) < 4.78 is 12.7. The normalized spacial score (nSPS) is 18.5. The largest absolute Gasteiger partial charge is 0.373 e. The maximum atomic E-state index is 12.8. The van der Waals surface area contributed by atoms with Crippen LogP contribution < -0.4 is 0 Å². The van der Waals surface area contributed by atoms with Crippen molar-refractivity contribution < 1.29 is 14.1 Å². The highest BCUT2D eigenvalue weighted by molar-refractivity contribution is 6.30. The second kappa shape index (κ2) is 8.37. The number of benzene rings is 1. The predicted octanol–water partition coefficient (Wildman–Crippen LogP) is 3.31. The van der Waals surface area contributed by atoms with Crippen molar-refractivity contribution in [2.24, 2.45) is 12.0 Å². The van der Waals surface area contributed by atoms with Gasteiger partial charge in [0.25, 0.3) is 5.91 Å². The van der Waals surface area contributed by atoms with E-state index in [9.17, 15) is 4.79 Å². The van der Waals surface area contributed by atoms with Gasteiger partial charge in [-0.1, -0.05) is 28.9 Å². The van der Waals surface area contributed by atoms with Gasteiger partial charge in [0.1, 0.15) is 12.2 Å². The summed E-state index contributed by atoms with van der Waals surface area (Å²) in [4.78, 5) is 22.5. The SMILES string of the molecule is C=Nc1cnn(C)c1C(=O)N(C)Cc1nc([C@@H]2CO[C@@H](c3ccc(Cl)cc3)C2)no1. The van der Waals surface area contributed by atoms with E-state index in [0.29, 0.717) is 34.7 Å². The van der Waals surface area contributed by atoms with Gasteiger partial charge >= 0.3 is 0 Å². The van der Waals surface area contributed by atoms with Crippen LogP contribution >= 0.6 is 11.6 Å². The number of carbonyl (C=O) groups is 1. The molecule has 0 aliphatic carbocycles. The summed E-state index contributed by atoms with van der Waals surface area (Å²) in [6.07, 6.45) is 2.21. The first kappa shape index (κ1) is 20.2. The molecule has 9 nitrogen and oxygen atoms in total. The molecule has 0 spiro atoms. The second-order valence-corrected chi connectivity index (χ2v) is 7.61. The lowest BCUT2D eigenvalue weighted by Gasteiger charge is -2.15. The summed E-state index contributed by atoms with van der Waals surface area (Å²) in [5, 5.41) is 8.84. The minimum atomic E-state index is -0.260. The third-order valence-electron chi connectivity index (χ3n) is 5.10. The molecule has 0 unspecified atom stereocenters. The zero-order chi connectivity index (χ0) is 21.3. The van der Waals surface area contributed by atoms with Gasteiger partial charge in [0, 0.05) is 25.0 Å². The van der Waals surface area contributed by atoms with Crippen molar-refractivity contribution in [1.82, 2.24) is 24.8 Å². The number of carbonyl (C=O) groups excluding carboxylic acids is 1. The molecule has 3 aromatic rings. The van der Waals surface area contributed by atoms with E-state index in [4.69, 9.17) is 20.9 Å². The van der Waals surface area contributed by atoms with E-state index in [1.165, 1.54) is 15.8 Å². The highest BCUT2D eigenvalue weighted by Crippen LogP contribution is 2.37. The Balaban J connectivity index is 1.40. The quantitative estimate of drug-likeness (QED) is 0.558. The van der Waals surface area contributed by atoms with Gasteiger partial charge in [-0.3, -0.25) is 14.5 Å². The van der Waals surface area contributed by atoms with Crippen molar-refractivity contribution >= 4 is 29.9 Å². The summed E-state index contributed by atoms with van der Waals surface area (Å²) in [7, 11) is 3.33. The zero-order valence-electron chi connectivity index (χ0n) is 16.7. The number of ether oxygens (including phenoxy) is 1. The summed E-state index contributed by atoms with van der Waals surface area (Å²) in [6.45, 7) is 4.15. The number of rotatable bonds is 6. The Morgan fingerprint density at radius 3 is 2.90 bits per heavy atom. The first-order valence-corrected chi connectivity index (χ1v) is 9.77. The van der Waals surface area contributed by atoms with Crippen LogP contribution in [0, 0.1) is 0 Å². The third-order valence-corrected chi connectivity index (χ3v) is 5.35. The predicted molar refractivity (Wildman–Crippen MR) is 110 cm³/mol. The molecule has 1 fully saturated rings. The van der Waals surface area contributed by atoms with Gasteiger partial charge in [-0.05, 0) is 30.8 Å². The summed E-state index contributed by atoms with van der Waals surface area (Å²) >= 11 is 5.95. The number of halogens is 1. The lowest BCUT2D eigenvalue weighted by molar-refractivity contribution is 0.0759. The van der Waals surface area contributed by atoms with Gasteiger partial charge < -0.3 is 14.2 Å². The molecule has 2 aromatic heterocycles. The van der Waals surface area contributed by atoms with Gasteiger partial charge in [-0.2, -0.15) is 10.1 Å². The molecule has 3 heterocycles. The van der Waals surface area contributed by atoms with E-state index in [-0.39, 0.29) is 24.5 Å². The van der Waals surface area contributed by atoms with Crippen molar-refractivity contribution in [3.8, 4) is 0 Å². The van der Waals surface area contributed by atoms with Crippen LogP contribution in [0.25, 0.3) is 0 Å². The van der Waals surface area contributed by atoms with Gasteiger partial charge in [0.2, 0.25) is 5.89 Å². The van der Waals surface area contributed by atoms with Crippen molar-refractivity contribution in [2.75, 3.05) is 13.7 Å². The van der Waals surface area contributed by atoms with Crippen LogP contribution in [0.5, 0.6) is 0 Å². The average Bonchev–Trinajstić information content (AvgIpc) is 3.47. The summed E-state index contributed by atoms with van der Waals surface area (Å²) in [6, 6.07) is 7.62. The van der Waals surface area contributed by atoms with E-state index in [1.807, 2.05) is 24.3 Å². The molecule has 1 aliphatic rings. The molecule has 0 N–H and O–H groups in total. The van der Waals surface area contributed by atoms with E-state index in [0.717, 1.165) is 12.0 Å². The lowest BCUT2D eigenvalue weighted by atomic mass is 10.0. The molecule has 0 saturated carbocycles. The Bertz CT molecular complexity index is 1060. The Labute approximate surface area is 178 Å². The molecule has 10 heteroatoms. The Morgan fingerprint density at radius 2 is 2.17 bits per heavy atom. The molecule has 1 aliphatic heterocycles. The molecule has 30 heavy (non-hydrogen) atoms. The molecule has 1 amide bonds. The fourth-order valence-electron chi connectivity index (χ4n) is 3.46. The molecule has 0 radical (unpaired) electrons. The van der Waals surface area contributed by atoms with Crippen LogP contribution in [0.1, 0.15) is 46.2 Å². The van der Waals surface area contributed by atoms with E-state index < -0.39 is 0 Å². The van der Waals surface area contributed by atoms with Crippen LogP contribution in [0.2, 0.25) is 5.02 Å². The van der Waals surface area contributed by atoms with Crippen LogP contribution in [-0.2, 0) is 18.3 Å². The first-order chi connectivity index (χ1) is 14.5. The minimum absolute atomic E-state index is 0.0258. The van der Waals surface area contributed by atoms with Crippen LogP contribution in [0.3, 0.4) is 0 Å². The molecular formula is C20H21ClN6O3. The maximum Gasteiger partial charge on any atom is 0.274 e. The number of amides is 1. The standard InChI is InChI=1S/C20H21ClN6O3/c1-22-15-9-23-27(3)18(15)20(28)26(2)10-17-24-19(25-30-17)13-8-16(29-11-13)12-4-6-14(21)7-5-12/h4-7,9,13,16H,1,8,10-11H2,2-3H3/t13-,16+/m0/s1. The molecule has 1 saturated heterocycles. The van der Waals surface area contributed by atoms with Gasteiger partial charge in [0.05, 0.1) is 18.9 Å². The smallest absolute Gasteiger partial charge is 0.274 e. The number of hydrogen-bond acceptors (Lipinski definition) is 7. The summed E-state index contributed by atoms with van der Waals surface area (Å²) in [5.41, 5.74) is 1.85. The van der Waals surface area contributed by atoms with Gasteiger partial charge in [-0.25, -0.2) is 0 Å². The Kier molecular flexibility index (Phi) is 5.65. The molecule has 156 valence electrons. The molecular weight excluding hydrogens is 408 g/mol. The average molecular weight is 429 g/mol. The number of aliphatic imine (C=N–C) groups is 1. The Hall–Kier alpha value is -3.04. The minimum Gasteiger partial charge on any atom is -0.373 e. The van der Waals surface area contributed by atoms with E-state index >= 15 is 0 Å². The number of nitrogens with zero attached hydrogens (tertiary/aromatic N) is 6. The highest BCUT2D eigenvalue weighted by atomic mass is 35.5. The zero-order valence-corrected chi connectivity index (χ0v) is 17.4. The molecule has 2 atom stereocenters. The van der Waals surface area contributed by atoms with Crippen LogP contribution in [-0.4, -0.2) is 51.1 Å². The van der Waals surface area contributed by atoms with Crippen LogP contribution in [0.4, 0.5) is 5.69 Å². The Morgan fingerprint density at radius 1 is 1.40 bits per heavy atom. The van der Waals surface area contributed by atoms with Crippen LogP contribution in [0.15, 0.2) is 40.0 Å². The number of aromatic nitrogens is 4. The lowest BCUT2D eigenvalue weighted by Crippen LogP contribution is -2.28. The third kappa shape index (κ3) is 3.99. The first-order valence-electron chi connectivity index (χ1n) is 9.40. The molecule has 4 rings (SSSR count). The van der Waals surface area contributed by atoms with Crippen molar-refractivity contribution in [2.45, 2.75) is 25.0 Å². The number of hydrogen-bond donors (Lipinski definition) is 0. The highest BCUT2D eigenvalue weighted by Gasteiger charge is 2.31. The van der Waals surface area contributed by atoms with Crippen molar-refractivity contribution in [3.05, 3.63) is 58.5 Å². The topological polar surface area (TPSA) is 98.6 Å². The monoisotopic (exact) mass is 428 g/mol. The number of aryl methyl sites for hydroxylation is 1. The molecule has 0 bridgehead atoms. The fourth-order valence-corrected chi connectivity index (χ4v) is 3.59. The summed E-state index contributed by atoms with van der Waals surface area (Å²) in [5.74, 6) is 0.698. The van der Waals surface area contributed by atoms with Crippen molar-refractivity contribution in [1.29, 1.82) is 0 Å². The van der Waals surface area contributed by atoms with E-state index in [2.05, 4.69) is 26.9 Å². The van der Waals surface area contributed by atoms with E-state index in [1.54, 1.807) is 14.1 Å². The van der Waals surface area contributed by atoms with Crippen molar-refractivity contribution in [3.63, 3.8) is 0 Å². The molecule has 1 aromatic carbocycles. The van der Waals surface area contributed by atoms with Gasteiger partial charge in [0.15, 0.2) is 11.5 Å². The fraction of sp³-hybridized carbons (Fsp3) is 0.350.